The first kappa shape index (κ1) is 41.8. The van der Waals surface area contributed by atoms with Crippen LogP contribution in [0.15, 0.2) is 0 Å². The van der Waals surface area contributed by atoms with E-state index in [2.05, 4.69) is 18.7 Å². The molecule has 0 aromatic rings. The summed E-state index contributed by atoms with van der Waals surface area (Å²) in [5, 5.41) is 9.47. The molecule has 0 aliphatic heterocycles. The maximum Gasteiger partial charge on any atom is 0.162 e. The van der Waals surface area contributed by atoms with Crippen molar-refractivity contribution in [1.29, 1.82) is 0 Å². The average molecular weight is 600 g/mol. The van der Waals surface area contributed by atoms with Crippen molar-refractivity contribution in [1.82, 2.24) is 4.90 Å². The summed E-state index contributed by atoms with van der Waals surface area (Å²) < 4.78 is 17.8. The molecule has 0 saturated heterocycles. The van der Waals surface area contributed by atoms with Gasteiger partial charge in [0.05, 0.1) is 6.61 Å². The highest BCUT2D eigenvalue weighted by atomic mass is 16.7. The predicted molar refractivity (Wildman–Crippen MR) is 182 cm³/mol. The summed E-state index contributed by atoms with van der Waals surface area (Å²) in [6.07, 6.45) is 31.0. The Morgan fingerprint density at radius 2 is 0.762 bits per heavy atom. The highest BCUT2D eigenvalue weighted by molar-refractivity contribution is 4.60. The smallest absolute Gasteiger partial charge is 0.162 e. The van der Waals surface area contributed by atoms with Crippen molar-refractivity contribution in [3.05, 3.63) is 0 Å². The minimum Gasteiger partial charge on any atom is -0.395 e. The third-order valence-corrected chi connectivity index (χ3v) is 8.34. The van der Waals surface area contributed by atoms with Crippen LogP contribution < -0.4 is 0 Å². The van der Waals surface area contributed by atoms with E-state index in [1.807, 2.05) is 13.8 Å². The van der Waals surface area contributed by atoms with E-state index in [4.69, 9.17) is 14.2 Å². The lowest BCUT2D eigenvalue weighted by molar-refractivity contribution is -0.214. The number of aliphatic hydroxyl groups is 1. The fourth-order valence-electron chi connectivity index (χ4n) is 5.51. The summed E-state index contributed by atoms with van der Waals surface area (Å²) in [6.45, 7) is 15.4. The molecule has 0 radical (unpaired) electrons. The van der Waals surface area contributed by atoms with Gasteiger partial charge in [0.1, 0.15) is 0 Å². The summed E-state index contributed by atoms with van der Waals surface area (Å²) in [5.74, 6) is -0.471. The molecule has 254 valence electrons. The van der Waals surface area contributed by atoms with E-state index in [9.17, 15) is 5.11 Å². The van der Waals surface area contributed by atoms with E-state index >= 15 is 0 Å². The van der Waals surface area contributed by atoms with Crippen molar-refractivity contribution >= 4 is 0 Å². The molecular formula is C37H77NO4. The number of ether oxygens (including phenoxy) is 3. The SMILES string of the molecule is CCCCCCCCCOCCCCCCCCN(CCO)CCCCCCOC(C)(C)OCCCCCCCCC. The first-order valence-corrected chi connectivity index (χ1v) is 18.7. The second-order valence-corrected chi connectivity index (χ2v) is 13.1. The largest absolute Gasteiger partial charge is 0.395 e. The molecule has 0 aromatic heterocycles. The number of unbranched alkanes of at least 4 members (excludes halogenated alkanes) is 20. The maximum atomic E-state index is 9.47. The fourth-order valence-corrected chi connectivity index (χ4v) is 5.51. The van der Waals surface area contributed by atoms with Crippen LogP contribution in [-0.4, -0.2) is 68.5 Å². The number of hydrogen-bond donors (Lipinski definition) is 1. The van der Waals surface area contributed by atoms with Crippen LogP contribution in [-0.2, 0) is 14.2 Å². The topological polar surface area (TPSA) is 51.2 Å². The molecule has 0 amide bonds. The van der Waals surface area contributed by atoms with Crippen molar-refractivity contribution in [2.24, 2.45) is 0 Å². The normalized spacial score (nSPS) is 12.1. The molecule has 5 nitrogen and oxygen atoms in total. The molecular weight excluding hydrogens is 522 g/mol. The Labute approximate surface area is 264 Å². The Kier molecular flexibility index (Phi) is 33.5. The van der Waals surface area contributed by atoms with Crippen LogP contribution in [0.1, 0.15) is 182 Å². The zero-order valence-corrected chi connectivity index (χ0v) is 29.2. The predicted octanol–water partition coefficient (Wildman–Crippen LogP) is 10.5. The standard InChI is InChI=1S/C37H77NO4/c1-5-7-9-11-14-19-25-33-40-34-26-20-16-13-17-23-29-38(31-32-39)30-24-18-22-28-36-42-37(3,4)41-35-27-21-15-12-10-8-6-2/h39H,5-36H2,1-4H3. The Balaban J connectivity index is 3.54. The van der Waals surface area contributed by atoms with Gasteiger partial charge in [0.15, 0.2) is 5.79 Å². The van der Waals surface area contributed by atoms with Crippen LogP contribution in [0.2, 0.25) is 0 Å². The van der Waals surface area contributed by atoms with Crippen molar-refractivity contribution < 1.29 is 19.3 Å². The zero-order valence-electron chi connectivity index (χ0n) is 29.2. The highest BCUT2D eigenvalue weighted by Crippen LogP contribution is 2.15. The Hall–Kier alpha value is -0.200. The monoisotopic (exact) mass is 600 g/mol. The van der Waals surface area contributed by atoms with E-state index in [-0.39, 0.29) is 6.61 Å². The summed E-state index contributed by atoms with van der Waals surface area (Å²) in [4.78, 5) is 2.45. The number of rotatable bonds is 36. The van der Waals surface area contributed by atoms with Crippen molar-refractivity contribution in [2.75, 3.05) is 52.7 Å². The lowest BCUT2D eigenvalue weighted by Crippen LogP contribution is -2.29. The highest BCUT2D eigenvalue weighted by Gasteiger charge is 2.18. The van der Waals surface area contributed by atoms with Crippen LogP contribution in [0.25, 0.3) is 0 Å². The summed E-state index contributed by atoms with van der Waals surface area (Å²) >= 11 is 0. The number of aliphatic hydroxyl groups excluding tert-OH is 1. The van der Waals surface area contributed by atoms with Gasteiger partial charge in [-0.05, 0) is 65.5 Å². The third kappa shape index (κ3) is 32.7. The van der Waals surface area contributed by atoms with Gasteiger partial charge in [0.25, 0.3) is 0 Å². The maximum absolute atomic E-state index is 9.47. The van der Waals surface area contributed by atoms with Gasteiger partial charge in [-0.15, -0.1) is 0 Å². The molecule has 0 aliphatic carbocycles. The lowest BCUT2D eigenvalue weighted by atomic mass is 10.1. The third-order valence-electron chi connectivity index (χ3n) is 8.34. The average Bonchev–Trinajstić information content (AvgIpc) is 2.97. The molecule has 0 fully saturated rings. The molecule has 0 aliphatic rings. The molecule has 5 heteroatoms. The first-order chi connectivity index (χ1) is 20.6. The van der Waals surface area contributed by atoms with Crippen LogP contribution in [0.4, 0.5) is 0 Å². The second-order valence-electron chi connectivity index (χ2n) is 13.1. The summed E-state index contributed by atoms with van der Waals surface area (Å²) in [6, 6.07) is 0. The fraction of sp³-hybridized carbons (Fsp3) is 1.00. The molecule has 0 atom stereocenters. The van der Waals surface area contributed by atoms with Crippen molar-refractivity contribution in [3.8, 4) is 0 Å². The minimum absolute atomic E-state index is 0.265. The van der Waals surface area contributed by atoms with Gasteiger partial charge in [-0.25, -0.2) is 0 Å². The van der Waals surface area contributed by atoms with Gasteiger partial charge in [-0.3, -0.25) is 0 Å². The summed E-state index contributed by atoms with van der Waals surface area (Å²) in [5.41, 5.74) is 0. The van der Waals surface area contributed by atoms with E-state index in [0.29, 0.717) is 0 Å². The van der Waals surface area contributed by atoms with Crippen LogP contribution in [0, 0.1) is 0 Å². The van der Waals surface area contributed by atoms with Crippen molar-refractivity contribution in [3.63, 3.8) is 0 Å². The van der Waals surface area contributed by atoms with Gasteiger partial charge < -0.3 is 24.2 Å². The van der Waals surface area contributed by atoms with E-state index < -0.39 is 5.79 Å². The summed E-state index contributed by atoms with van der Waals surface area (Å²) in [7, 11) is 0. The first-order valence-electron chi connectivity index (χ1n) is 18.7. The van der Waals surface area contributed by atoms with E-state index in [1.54, 1.807) is 0 Å². The number of nitrogens with zero attached hydrogens (tertiary/aromatic N) is 1. The quantitative estimate of drug-likeness (QED) is 0.0573. The molecule has 0 spiro atoms. The number of hydrogen-bond acceptors (Lipinski definition) is 5. The van der Waals surface area contributed by atoms with Crippen LogP contribution in [0.5, 0.6) is 0 Å². The molecule has 0 saturated carbocycles. The van der Waals surface area contributed by atoms with E-state index in [0.717, 1.165) is 58.9 Å². The molecule has 0 unspecified atom stereocenters. The van der Waals surface area contributed by atoms with Gasteiger partial charge in [0.2, 0.25) is 0 Å². The molecule has 0 aromatic carbocycles. The van der Waals surface area contributed by atoms with Gasteiger partial charge in [-0.2, -0.15) is 0 Å². The van der Waals surface area contributed by atoms with Crippen LogP contribution >= 0.6 is 0 Å². The zero-order chi connectivity index (χ0) is 30.8. The molecule has 42 heavy (non-hydrogen) atoms. The van der Waals surface area contributed by atoms with Gasteiger partial charge in [0, 0.05) is 33.0 Å². The second kappa shape index (κ2) is 33.7. The van der Waals surface area contributed by atoms with E-state index in [1.165, 1.54) is 141 Å². The Morgan fingerprint density at radius 1 is 0.429 bits per heavy atom. The molecule has 0 rings (SSSR count). The lowest BCUT2D eigenvalue weighted by Gasteiger charge is -2.26. The van der Waals surface area contributed by atoms with Gasteiger partial charge >= 0.3 is 0 Å². The van der Waals surface area contributed by atoms with Gasteiger partial charge in [-0.1, -0.05) is 129 Å². The van der Waals surface area contributed by atoms with Crippen LogP contribution in [0.3, 0.4) is 0 Å². The Morgan fingerprint density at radius 3 is 1.14 bits per heavy atom. The molecule has 1 N–H and O–H groups in total. The molecule has 0 bridgehead atoms. The Bertz CT molecular complexity index is 502. The van der Waals surface area contributed by atoms with Crippen molar-refractivity contribution in [2.45, 2.75) is 188 Å². The molecule has 0 heterocycles. The minimum atomic E-state index is -0.471.